The zero-order chi connectivity index (χ0) is 20.9. The van der Waals surface area contributed by atoms with Gasteiger partial charge in [-0.1, -0.05) is 0 Å². The van der Waals surface area contributed by atoms with E-state index in [2.05, 4.69) is 5.32 Å². The maximum absolute atomic E-state index is 12.9. The van der Waals surface area contributed by atoms with E-state index in [1.54, 1.807) is 35.8 Å². The van der Waals surface area contributed by atoms with Crippen LogP contribution in [0.25, 0.3) is 0 Å². The van der Waals surface area contributed by atoms with Gasteiger partial charge in [-0.2, -0.15) is 0 Å². The number of rotatable bonds is 7. The van der Waals surface area contributed by atoms with Gasteiger partial charge in [0.2, 0.25) is 24.0 Å². The molecule has 0 aromatic heterocycles. The lowest BCUT2D eigenvalue weighted by Gasteiger charge is -2.36. The maximum atomic E-state index is 12.9. The Kier molecular flexibility index (Phi) is 6.71. The first-order valence-electron chi connectivity index (χ1n) is 8.88. The lowest BCUT2D eigenvalue weighted by Crippen LogP contribution is -2.54. The molecule has 0 unspecified atom stereocenters. The predicted octanol–water partition coefficient (Wildman–Crippen LogP) is 0.978. The summed E-state index contributed by atoms with van der Waals surface area (Å²) in [5, 5.41) is 2.75. The van der Waals surface area contributed by atoms with Crippen molar-refractivity contribution in [2.75, 3.05) is 52.8 Å². The van der Waals surface area contributed by atoms with Gasteiger partial charge >= 0.3 is 0 Å². The highest BCUT2D eigenvalue weighted by Gasteiger charge is 2.40. The Morgan fingerprint density at radius 3 is 1.96 bits per heavy atom. The van der Waals surface area contributed by atoms with Gasteiger partial charge in [-0.3, -0.25) is 14.4 Å². The number of anilines is 1. The molecule has 0 radical (unpaired) electrons. The quantitative estimate of drug-likeness (QED) is 0.548. The normalized spacial score (nSPS) is 14.3. The molecule has 0 saturated carbocycles. The van der Waals surface area contributed by atoms with Crippen molar-refractivity contribution in [3.63, 3.8) is 0 Å². The number of nitrogens with zero attached hydrogens (tertiary/aromatic N) is 2. The highest BCUT2D eigenvalue weighted by molar-refractivity contribution is 6.10. The second kappa shape index (κ2) is 8.81. The summed E-state index contributed by atoms with van der Waals surface area (Å²) in [6, 6.07) is 3.20. The second-order valence-corrected chi connectivity index (χ2v) is 6.93. The Morgan fingerprint density at radius 2 is 1.54 bits per heavy atom. The molecule has 28 heavy (non-hydrogen) atoms. The van der Waals surface area contributed by atoms with Crippen molar-refractivity contribution in [3.8, 4) is 17.2 Å². The molecule has 9 heteroatoms. The maximum Gasteiger partial charge on any atom is 0.239 e. The van der Waals surface area contributed by atoms with E-state index in [1.165, 1.54) is 21.3 Å². The van der Waals surface area contributed by atoms with E-state index in [0.29, 0.717) is 49.1 Å². The fourth-order valence-electron chi connectivity index (χ4n) is 2.96. The van der Waals surface area contributed by atoms with E-state index in [9.17, 15) is 14.4 Å². The lowest BCUT2D eigenvalue weighted by molar-refractivity contribution is -0.148. The summed E-state index contributed by atoms with van der Waals surface area (Å²) in [5.41, 5.74) is -0.866. The third-order valence-corrected chi connectivity index (χ3v) is 4.78. The number of methoxy groups -OCH3 is 3. The molecule has 1 aromatic rings. The summed E-state index contributed by atoms with van der Waals surface area (Å²) < 4.78 is 15.8. The Bertz CT molecular complexity index is 716. The molecule has 0 bridgehead atoms. The van der Waals surface area contributed by atoms with Crippen LogP contribution in [0.1, 0.15) is 13.8 Å². The van der Waals surface area contributed by atoms with Crippen molar-refractivity contribution in [1.82, 2.24) is 9.80 Å². The molecule has 0 atom stereocenters. The molecular weight excluding hydrogens is 366 g/mol. The predicted molar refractivity (Wildman–Crippen MR) is 103 cm³/mol. The molecule has 0 spiro atoms. The summed E-state index contributed by atoms with van der Waals surface area (Å²) in [6.45, 7) is 4.88. The van der Waals surface area contributed by atoms with Gasteiger partial charge in [0.1, 0.15) is 5.41 Å². The molecule has 1 saturated heterocycles. The smallest absolute Gasteiger partial charge is 0.239 e. The van der Waals surface area contributed by atoms with Crippen molar-refractivity contribution >= 4 is 23.9 Å². The van der Waals surface area contributed by atoms with Crippen LogP contribution in [0.15, 0.2) is 12.1 Å². The third-order valence-electron chi connectivity index (χ3n) is 4.78. The minimum atomic E-state index is -1.29. The zero-order valence-corrected chi connectivity index (χ0v) is 16.9. The van der Waals surface area contributed by atoms with E-state index < -0.39 is 11.3 Å². The third kappa shape index (κ3) is 4.29. The van der Waals surface area contributed by atoms with Crippen LogP contribution in [-0.2, 0) is 14.4 Å². The van der Waals surface area contributed by atoms with Gasteiger partial charge in [0.25, 0.3) is 0 Å². The summed E-state index contributed by atoms with van der Waals surface area (Å²) in [4.78, 5) is 39.8. The first kappa shape index (κ1) is 21.3. The van der Waals surface area contributed by atoms with Crippen LogP contribution < -0.4 is 19.5 Å². The van der Waals surface area contributed by atoms with Crippen LogP contribution in [0.3, 0.4) is 0 Å². The number of amides is 3. The highest BCUT2D eigenvalue weighted by Crippen LogP contribution is 2.40. The highest BCUT2D eigenvalue weighted by atomic mass is 16.5. The van der Waals surface area contributed by atoms with E-state index in [-0.39, 0.29) is 5.91 Å². The van der Waals surface area contributed by atoms with Gasteiger partial charge in [-0.25, -0.2) is 0 Å². The Labute approximate surface area is 164 Å². The van der Waals surface area contributed by atoms with Crippen LogP contribution in [0.4, 0.5) is 5.69 Å². The molecule has 1 aromatic carbocycles. The number of piperazine rings is 1. The SMILES string of the molecule is COc1cc(NC(=O)C(C)(C)C(=O)N2CCN(C=O)CC2)cc(OC)c1OC. The van der Waals surface area contributed by atoms with Gasteiger partial charge in [0, 0.05) is 44.0 Å². The van der Waals surface area contributed by atoms with Gasteiger partial charge in [-0.15, -0.1) is 0 Å². The number of nitrogens with one attached hydrogen (secondary N) is 1. The summed E-state index contributed by atoms with van der Waals surface area (Å²) in [5.74, 6) is 0.455. The van der Waals surface area contributed by atoms with E-state index in [1.807, 2.05) is 0 Å². The van der Waals surface area contributed by atoms with E-state index in [4.69, 9.17) is 14.2 Å². The van der Waals surface area contributed by atoms with Crippen molar-refractivity contribution in [2.45, 2.75) is 13.8 Å². The summed E-state index contributed by atoms with van der Waals surface area (Å²) in [7, 11) is 4.45. The van der Waals surface area contributed by atoms with Crippen LogP contribution in [0.2, 0.25) is 0 Å². The molecule has 1 heterocycles. The first-order valence-corrected chi connectivity index (χ1v) is 8.88. The molecule has 1 aliphatic rings. The fourth-order valence-corrected chi connectivity index (χ4v) is 2.96. The largest absolute Gasteiger partial charge is 0.493 e. The average Bonchev–Trinajstić information content (AvgIpc) is 2.72. The van der Waals surface area contributed by atoms with Crippen molar-refractivity contribution in [1.29, 1.82) is 0 Å². The van der Waals surface area contributed by atoms with Gasteiger partial charge in [0.05, 0.1) is 21.3 Å². The Morgan fingerprint density at radius 1 is 1.00 bits per heavy atom. The van der Waals surface area contributed by atoms with Gasteiger partial charge < -0.3 is 29.3 Å². The molecule has 0 aliphatic carbocycles. The van der Waals surface area contributed by atoms with Crippen molar-refractivity contribution in [3.05, 3.63) is 12.1 Å². The Hall–Kier alpha value is -2.97. The lowest BCUT2D eigenvalue weighted by atomic mass is 9.89. The van der Waals surface area contributed by atoms with Crippen molar-refractivity contribution < 1.29 is 28.6 Å². The standard InChI is InChI=1S/C19H27N3O6/c1-19(2,18(25)22-8-6-21(12-23)7-9-22)17(24)20-13-10-14(26-3)16(28-5)15(11-13)27-4/h10-12H,6-9H2,1-5H3,(H,20,24). The van der Waals surface area contributed by atoms with Crippen LogP contribution >= 0.6 is 0 Å². The number of carbonyl (C=O) groups excluding carboxylic acids is 3. The molecule has 1 N–H and O–H groups in total. The number of hydrogen-bond donors (Lipinski definition) is 1. The topological polar surface area (TPSA) is 97.4 Å². The van der Waals surface area contributed by atoms with Gasteiger partial charge in [0.15, 0.2) is 11.5 Å². The fraction of sp³-hybridized carbons (Fsp3) is 0.526. The zero-order valence-electron chi connectivity index (χ0n) is 16.9. The molecular formula is C19H27N3O6. The minimum absolute atomic E-state index is 0.289. The molecule has 1 fully saturated rings. The first-order chi connectivity index (χ1) is 13.3. The van der Waals surface area contributed by atoms with Crippen LogP contribution in [-0.4, -0.2) is 75.5 Å². The van der Waals surface area contributed by atoms with Crippen molar-refractivity contribution in [2.24, 2.45) is 5.41 Å². The number of benzene rings is 1. The molecule has 3 amide bonds. The average molecular weight is 393 g/mol. The van der Waals surface area contributed by atoms with Gasteiger partial charge in [-0.05, 0) is 13.8 Å². The molecule has 2 rings (SSSR count). The molecule has 9 nitrogen and oxygen atoms in total. The number of carbonyl (C=O) groups is 3. The summed E-state index contributed by atoms with van der Waals surface area (Å²) in [6.07, 6.45) is 0.768. The minimum Gasteiger partial charge on any atom is -0.493 e. The van der Waals surface area contributed by atoms with Crippen LogP contribution in [0, 0.1) is 5.41 Å². The summed E-state index contributed by atoms with van der Waals surface area (Å²) >= 11 is 0. The second-order valence-electron chi connectivity index (χ2n) is 6.93. The van der Waals surface area contributed by atoms with Crippen LogP contribution in [0.5, 0.6) is 17.2 Å². The monoisotopic (exact) mass is 393 g/mol. The Balaban J connectivity index is 2.16. The number of hydrogen-bond acceptors (Lipinski definition) is 6. The van der Waals surface area contributed by atoms with E-state index >= 15 is 0 Å². The molecule has 154 valence electrons. The van der Waals surface area contributed by atoms with E-state index in [0.717, 1.165) is 6.41 Å². The molecule has 1 aliphatic heterocycles. The number of ether oxygens (including phenoxy) is 3.